The molecule has 1 aliphatic heterocycles. The summed E-state index contributed by atoms with van der Waals surface area (Å²) in [6.07, 6.45) is -4.92. The molecule has 1 amide bonds. The van der Waals surface area contributed by atoms with Crippen LogP contribution in [0.4, 0.5) is 18.9 Å². The average Bonchev–Trinajstić information content (AvgIpc) is 2.61. The summed E-state index contributed by atoms with van der Waals surface area (Å²) in [6, 6.07) is 2.36. The topological polar surface area (TPSA) is 75.5 Å². The standard InChI is InChI=1S/C13H14F3N3O3/c1-12(2)7-10(20)17-18(12)11(13(14,15)16)8-5-3-4-6-9(8)19(21)22/h3-6,11H,7H2,1-2H3,(H,17,20). The molecule has 0 aromatic heterocycles. The van der Waals surface area contributed by atoms with Crippen LogP contribution in [0.1, 0.15) is 31.9 Å². The van der Waals surface area contributed by atoms with Gasteiger partial charge in [0.15, 0.2) is 6.04 Å². The highest BCUT2D eigenvalue weighted by Crippen LogP contribution is 2.45. The lowest BCUT2D eigenvalue weighted by molar-refractivity contribution is -0.386. The third-order valence-corrected chi connectivity index (χ3v) is 3.49. The number of carbonyl (C=O) groups excluding carboxylic acids is 1. The lowest BCUT2D eigenvalue weighted by Crippen LogP contribution is -2.51. The number of nitrogens with one attached hydrogen (secondary N) is 1. The van der Waals surface area contributed by atoms with Crippen LogP contribution in [0, 0.1) is 10.1 Å². The molecule has 120 valence electrons. The van der Waals surface area contributed by atoms with E-state index in [9.17, 15) is 28.1 Å². The minimum Gasteiger partial charge on any atom is -0.287 e. The second-order valence-corrected chi connectivity index (χ2v) is 5.65. The fourth-order valence-electron chi connectivity index (χ4n) is 2.56. The van der Waals surface area contributed by atoms with Crippen LogP contribution < -0.4 is 5.43 Å². The van der Waals surface area contributed by atoms with Crippen molar-refractivity contribution in [2.24, 2.45) is 0 Å². The lowest BCUT2D eigenvalue weighted by Gasteiger charge is -2.37. The molecule has 9 heteroatoms. The molecule has 0 aliphatic carbocycles. The van der Waals surface area contributed by atoms with Crippen LogP contribution in [0.5, 0.6) is 0 Å². The maximum atomic E-state index is 13.6. The largest absolute Gasteiger partial charge is 0.410 e. The van der Waals surface area contributed by atoms with E-state index in [1.807, 2.05) is 0 Å². The van der Waals surface area contributed by atoms with Crippen molar-refractivity contribution in [3.8, 4) is 0 Å². The Bertz CT molecular complexity index is 616. The lowest BCUT2D eigenvalue weighted by atomic mass is 9.96. The van der Waals surface area contributed by atoms with Crippen molar-refractivity contribution in [2.45, 2.75) is 38.0 Å². The van der Waals surface area contributed by atoms with E-state index in [0.717, 1.165) is 17.1 Å². The molecule has 1 aromatic carbocycles. The van der Waals surface area contributed by atoms with Crippen LogP contribution in [0.3, 0.4) is 0 Å². The molecule has 1 atom stereocenters. The number of rotatable bonds is 3. The van der Waals surface area contributed by atoms with E-state index in [-0.39, 0.29) is 6.42 Å². The first kappa shape index (κ1) is 16.2. The minimum atomic E-state index is -4.79. The number of alkyl halides is 3. The molecule has 2 rings (SSSR count). The van der Waals surface area contributed by atoms with Gasteiger partial charge in [0.2, 0.25) is 5.91 Å². The van der Waals surface area contributed by atoms with Crippen LogP contribution >= 0.6 is 0 Å². The molecule has 1 unspecified atom stereocenters. The smallest absolute Gasteiger partial charge is 0.287 e. The Hall–Kier alpha value is -2.16. The van der Waals surface area contributed by atoms with Gasteiger partial charge < -0.3 is 0 Å². The second kappa shape index (κ2) is 5.24. The van der Waals surface area contributed by atoms with Crippen LogP contribution in [-0.4, -0.2) is 27.6 Å². The highest BCUT2D eigenvalue weighted by atomic mass is 19.4. The third-order valence-electron chi connectivity index (χ3n) is 3.49. The Labute approximate surface area is 124 Å². The quantitative estimate of drug-likeness (QED) is 0.687. The number of para-hydroxylation sites is 1. The van der Waals surface area contributed by atoms with Crippen molar-refractivity contribution in [3.05, 3.63) is 39.9 Å². The van der Waals surface area contributed by atoms with E-state index in [0.29, 0.717) is 0 Å². The molecule has 0 saturated carbocycles. The zero-order valence-electron chi connectivity index (χ0n) is 11.8. The van der Waals surface area contributed by atoms with Gasteiger partial charge >= 0.3 is 6.18 Å². The van der Waals surface area contributed by atoms with E-state index < -0.39 is 39.8 Å². The molecule has 22 heavy (non-hydrogen) atoms. The molecule has 1 heterocycles. The van der Waals surface area contributed by atoms with Gasteiger partial charge in [0, 0.05) is 18.0 Å². The van der Waals surface area contributed by atoms with Gasteiger partial charge in [-0.15, -0.1) is 0 Å². The molecule has 1 aromatic rings. The van der Waals surface area contributed by atoms with Gasteiger partial charge in [-0.2, -0.15) is 18.2 Å². The first-order chi connectivity index (χ1) is 10.0. The molecule has 0 radical (unpaired) electrons. The zero-order valence-corrected chi connectivity index (χ0v) is 11.8. The number of nitrogens with zero attached hydrogens (tertiary/aromatic N) is 2. The number of hydrogen-bond acceptors (Lipinski definition) is 4. The molecule has 1 aliphatic rings. The SMILES string of the molecule is CC1(C)CC(=O)NN1C(c1ccccc1[N+](=O)[O-])C(F)(F)F. The first-order valence-corrected chi connectivity index (χ1v) is 6.43. The summed E-state index contributed by atoms with van der Waals surface area (Å²) >= 11 is 0. The summed E-state index contributed by atoms with van der Waals surface area (Å²) in [5, 5.41) is 11.8. The van der Waals surface area contributed by atoms with Gasteiger partial charge in [-0.05, 0) is 13.8 Å². The Morgan fingerprint density at radius 1 is 1.36 bits per heavy atom. The van der Waals surface area contributed by atoms with Crippen LogP contribution in [0.25, 0.3) is 0 Å². The van der Waals surface area contributed by atoms with Gasteiger partial charge in [-0.3, -0.25) is 20.3 Å². The maximum absolute atomic E-state index is 13.6. The van der Waals surface area contributed by atoms with E-state index in [2.05, 4.69) is 5.43 Å². The Kier molecular flexibility index (Phi) is 3.86. The molecule has 0 spiro atoms. The molecule has 1 fully saturated rings. The number of benzene rings is 1. The molecule has 1 N–H and O–H groups in total. The average molecular weight is 317 g/mol. The van der Waals surface area contributed by atoms with Crippen LogP contribution in [0.15, 0.2) is 24.3 Å². The predicted molar refractivity (Wildman–Crippen MR) is 70.6 cm³/mol. The molecule has 1 saturated heterocycles. The van der Waals surface area contributed by atoms with E-state index in [1.165, 1.54) is 26.0 Å². The third kappa shape index (κ3) is 2.89. The second-order valence-electron chi connectivity index (χ2n) is 5.65. The van der Waals surface area contributed by atoms with Crippen molar-refractivity contribution < 1.29 is 22.9 Å². The molecule has 0 bridgehead atoms. The number of amides is 1. The fraction of sp³-hybridized carbons (Fsp3) is 0.462. The van der Waals surface area contributed by atoms with Crippen LogP contribution in [-0.2, 0) is 4.79 Å². The number of nitro benzene ring substituents is 1. The first-order valence-electron chi connectivity index (χ1n) is 6.43. The Balaban J connectivity index is 2.59. The van der Waals surface area contributed by atoms with E-state index in [4.69, 9.17) is 0 Å². The van der Waals surface area contributed by atoms with Gasteiger partial charge in [0.1, 0.15) is 0 Å². The van der Waals surface area contributed by atoms with E-state index in [1.54, 1.807) is 0 Å². The zero-order chi connectivity index (χ0) is 16.7. The summed E-state index contributed by atoms with van der Waals surface area (Å²) in [6.45, 7) is 2.94. The summed E-state index contributed by atoms with van der Waals surface area (Å²) in [4.78, 5) is 21.7. The highest BCUT2D eigenvalue weighted by molar-refractivity contribution is 5.79. The normalized spacial score (nSPS) is 19.8. The van der Waals surface area contributed by atoms with Gasteiger partial charge in [-0.25, -0.2) is 0 Å². The summed E-state index contributed by atoms with van der Waals surface area (Å²) in [5.74, 6) is -0.558. The van der Waals surface area contributed by atoms with Crippen molar-refractivity contribution >= 4 is 11.6 Å². The molecular formula is C13H14F3N3O3. The predicted octanol–water partition coefficient (Wildman–Crippen LogP) is 2.71. The van der Waals surface area contributed by atoms with E-state index >= 15 is 0 Å². The number of hydrazine groups is 1. The van der Waals surface area contributed by atoms with Gasteiger partial charge in [0.25, 0.3) is 5.69 Å². The van der Waals surface area contributed by atoms with Crippen molar-refractivity contribution in [1.29, 1.82) is 0 Å². The Morgan fingerprint density at radius 3 is 2.41 bits per heavy atom. The number of hydrogen-bond donors (Lipinski definition) is 1. The minimum absolute atomic E-state index is 0.125. The summed E-state index contributed by atoms with van der Waals surface area (Å²) in [7, 11) is 0. The van der Waals surface area contributed by atoms with Crippen molar-refractivity contribution in [2.75, 3.05) is 0 Å². The summed E-state index contributed by atoms with van der Waals surface area (Å²) < 4.78 is 40.7. The number of halogens is 3. The number of carbonyl (C=O) groups is 1. The van der Waals surface area contributed by atoms with Crippen molar-refractivity contribution in [1.82, 2.24) is 10.4 Å². The fourth-order valence-corrected chi connectivity index (χ4v) is 2.56. The summed E-state index contributed by atoms with van der Waals surface area (Å²) in [5.41, 5.74) is -0.0984. The maximum Gasteiger partial charge on any atom is 0.410 e. The van der Waals surface area contributed by atoms with Gasteiger partial charge in [0.05, 0.1) is 10.5 Å². The van der Waals surface area contributed by atoms with Gasteiger partial charge in [-0.1, -0.05) is 18.2 Å². The molecular weight excluding hydrogens is 303 g/mol. The van der Waals surface area contributed by atoms with Crippen LogP contribution in [0.2, 0.25) is 0 Å². The number of nitro groups is 1. The van der Waals surface area contributed by atoms with Crippen molar-refractivity contribution in [3.63, 3.8) is 0 Å². The Morgan fingerprint density at radius 2 is 1.95 bits per heavy atom. The molecule has 6 nitrogen and oxygen atoms in total. The monoisotopic (exact) mass is 317 g/mol. The highest BCUT2D eigenvalue weighted by Gasteiger charge is 2.54.